The molecular formula is C27H46N4O7S. The molecule has 11 nitrogen and oxygen atoms in total. The monoisotopic (exact) mass is 570 g/mol. The van der Waals surface area contributed by atoms with Gasteiger partial charge in [0.1, 0.15) is 5.75 Å². The molecule has 1 aliphatic rings. The Balaban J connectivity index is 2.46. The summed E-state index contributed by atoms with van der Waals surface area (Å²) in [6.45, 7) is 10.2. The van der Waals surface area contributed by atoms with Crippen LogP contribution in [0.25, 0.3) is 0 Å². The first kappa shape index (κ1) is 32.6. The molecule has 0 fully saturated rings. The quantitative estimate of drug-likeness (QED) is 0.458. The van der Waals surface area contributed by atoms with Crippen LogP contribution in [0.3, 0.4) is 0 Å². The van der Waals surface area contributed by atoms with E-state index in [1.54, 1.807) is 35.9 Å². The number of urea groups is 1. The number of sulfonamides is 1. The van der Waals surface area contributed by atoms with Gasteiger partial charge in [-0.15, -0.1) is 0 Å². The Bertz CT molecular complexity index is 1070. The van der Waals surface area contributed by atoms with Crippen LogP contribution in [0.15, 0.2) is 18.2 Å². The Morgan fingerprint density at radius 1 is 1.23 bits per heavy atom. The Labute approximate surface area is 233 Å². The molecule has 0 bridgehead atoms. The molecular weight excluding hydrogens is 524 g/mol. The first-order valence-electron chi connectivity index (χ1n) is 13.5. The smallest absolute Gasteiger partial charge is 0.317 e. The van der Waals surface area contributed by atoms with Gasteiger partial charge in [-0.1, -0.05) is 6.92 Å². The number of ether oxygens (including phenoxy) is 2. The Kier molecular flexibility index (Phi) is 12.3. The molecule has 1 aromatic rings. The second kappa shape index (κ2) is 14.7. The van der Waals surface area contributed by atoms with Crippen LogP contribution >= 0.6 is 0 Å². The Hall–Kier alpha value is -2.57. The van der Waals surface area contributed by atoms with E-state index in [1.165, 1.54) is 6.07 Å². The number of carbonyl (C=O) groups is 2. The fraction of sp³-hybridized carbons (Fsp3) is 0.704. The second-order valence-corrected chi connectivity index (χ2v) is 12.6. The standard InChI is InChI=1S/C27H46N4O7S/c1-18(2)28-27(34)30(6)16-25-19(3)15-31(20(4)17-32)26(33)23-14-22(29-39(7,35)36)11-12-24(23)38-21(5)10-8-9-13-37-25/h11-12,14,18-21,25,29,32H,8-10,13,15-17H2,1-7H3,(H,28,34)/t19-,20+,21+,25+/m1/s1. The van der Waals surface area contributed by atoms with Gasteiger partial charge in [0.25, 0.3) is 5.91 Å². The van der Waals surface area contributed by atoms with Crippen molar-refractivity contribution in [3.05, 3.63) is 23.8 Å². The fourth-order valence-corrected chi connectivity index (χ4v) is 4.93. The molecule has 2 rings (SSSR count). The molecule has 0 aromatic heterocycles. The number of benzene rings is 1. The van der Waals surface area contributed by atoms with Gasteiger partial charge in [-0.2, -0.15) is 0 Å². The zero-order valence-electron chi connectivity index (χ0n) is 24.3. The summed E-state index contributed by atoms with van der Waals surface area (Å²) < 4.78 is 38.5. The lowest BCUT2D eigenvalue weighted by molar-refractivity contribution is -0.0122. The molecule has 0 saturated carbocycles. The maximum Gasteiger partial charge on any atom is 0.317 e. The summed E-state index contributed by atoms with van der Waals surface area (Å²) in [5.41, 5.74) is 0.441. The largest absolute Gasteiger partial charge is 0.490 e. The lowest BCUT2D eigenvalue weighted by Crippen LogP contribution is -2.49. The van der Waals surface area contributed by atoms with Crippen LogP contribution in [0.4, 0.5) is 10.5 Å². The van der Waals surface area contributed by atoms with Crippen molar-refractivity contribution in [2.45, 2.75) is 78.2 Å². The van der Waals surface area contributed by atoms with Crippen LogP contribution in [0.1, 0.15) is 64.2 Å². The van der Waals surface area contributed by atoms with Crippen molar-refractivity contribution in [2.75, 3.05) is 44.3 Å². The van der Waals surface area contributed by atoms with E-state index in [1.807, 2.05) is 27.7 Å². The number of hydrogen-bond acceptors (Lipinski definition) is 7. The van der Waals surface area contributed by atoms with Gasteiger partial charge in [0.2, 0.25) is 10.0 Å². The van der Waals surface area contributed by atoms with E-state index < -0.39 is 22.0 Å². The lowest BCUT2D eigenvalue weighted by Gasteiger charge is -2.36. The van der Waals surface area contributed by atoms with Gasteiger partial charge < -0.3 is 29.7 Å². The molecule has 3 N–H and O–H groups in total. The SMILES string of the molecule is CC(C)NC(=O)N(C)C[C@@H]1OCCCC[C@H](C)Oc2ccc(NS(C)(=O)=O)cc2C(=O)N([C@@H](C)CO)C[C@H]1C. The van der Waals surface area contributed by atoms with Crippen LogP contribution in [0, 0.1) is 5.92 Å². The molecule has 0 radical (unpaired) electrons. The van der Waals surface area contributed by atoms with E-state index in [-0.39, 0.29) is 54.6 Å². The molecule has 1 heterocycles. The topological polar surface area (TPSA) is 138 Å². The Morgan fingerprint density at radius 2 is 1.92 bits per heavy atom. The van der Waals surface area contributed by atoms with Crippen LogP contribution in [-0.4, -0.2) is 99.2 Å². The van der Waals surface area contributed by atoms with Crippen LogP contribution < -0.4 is 14.8 Å². The van der Waals surface area contributed by atoms with E-state index in [4.69, 9.17) is 9.47 Å². The highest BCUT2D eigenvalue weighted by Gasteiger charge is 2.31. The number of nitrogens with one attached hydrogen (secondary N) is 2. The fourth-order valence-electron chi connectivity index (χ4n) is 4.37. The summed E-state index contributed by atoms with van der Waals surface area (Å²) in [5.74, 6) is -0.241. The summed E-state index contributed by atoms with van der Waals surface area (Å²) in [4.78, 5) is 29.7. The third-order valence-electron chi connectivity index (χ3n) is 6.57. The molecule has 12 heteroatoms. The number of hydrogen-bond donors (Lipinski definition) is 3. The minimum atomic E-state index is -3.57. The highest BCUT2D eigenvalue weighted by Crippen LogP contribution is 2.28. The third-order valence-corrected chi connectivity index (χ3v) is 7.17. The highest BCUT2D eigenvalue weighted by molar-refractivity contribution is 7.92. The van der Waals surface area contributed by atoms with E-state index in [2.05, 4.69) is 10.0 Å². The Morgan fingerprint density at radius 3 is 2.54 bits per heavy atom. The number of rotatable bonds is 7. The summed E-state index contributed by atoms with van der Waals surface area (Å²) in [7, 11) is -1.86. The number of likely N-dealkylation sites (N-methyl/N-ethyl adjacent to an activating group) is 1. The molecule has 1 aliphatic heterocycles. The van der Waals surface area contributed by atoms with Gasteiger partial charge in [-0.25, -0.2) is 13.2 Å². The number of aliphatic hydroxyl groups is 1. The first-order valence-corrected chi connectivity index (χ1v) is 15.4. The van der Waals surface area contributed by atoms with Crippen LogP contribution in [0.2, 0.25) is 0 Å². The second-order valence-electron chi connectivity index (χ2n) is 10.9. The third kappa shape index (κ3) is 10.5. The van der Waals surface area contributed by atoms with Crippen molar-refractivity contribution < 1.29 is 32.6 Å². The zero-order chi connectivity index (χ0) is 29.3. The number of amides is 3. The normalized spacial score (nSPS) is 22.3. The predicted molar refractivity (Wildman–Crippen MR) is 152 cm³/mol. The minimum absolute atomic E-state index is 0.00726. The highest BCUT2D eigenvalue weighted by atomic mass is 32.2. The summed E-state index contributed by atoms with van der Waals surface area (Å²) in [6.07, 6.45) is 2.87. The molecule has 39 heavy (non-hydrogen) atoms. The van der Waals surface area contributed by atoms with Gasteiger partial charge in [0, 0.05) is 44.4 Å². The lowest BCUT2D eigenvalue weighted by atomic mass is 10.0. The van der Waals surface area contributed by atoms with Gasteiger partial charge >= 0.3 is 6.03 Å². The van der Waals surface area contributed by atoms with E-state index in [0.717, 1.165) is 25.5 Å². The maximum atomic E-state index is 14.0. The van der Waals surface area contributed by atoms with Crippen molar-refractivity contribution in [3.8, 4) is 5.75 Å². The maximum absolute atomic E-state index is 14.0. The average molecular weight is 571 g/mol. The van der Waals surface area contributed by atoms with Crippen LogP contribution in [0.5, 0.6) is 5.75 Å². The molecule has 1 aromatic carbocycles. The summed E-state index contributed by atoms with van der Waals surface area (Å²) in [6, 6.07) is 3.88. The number of carbonyl (C=O) groups excluding carboxylic acids is 2. The van der Waals surface area contributed by atoms with E-state index >= 15 is 0 Å². The molecule has 0 saturated heterocycles. The molecule has 0 spiro atoms. The molecule has 3 amide bonds. The van der Waals surface area contributed by atoms with E-state index in [0.29, 0.717) is 18.9 Å². The van der Waals surface area contributed by atoms with Crippen LogP contribution in [-0.2, 0) is 14.8 Å². The molecule has 0 unspecified atom stereocenters. The minimum Gasteiger partial charge on any atom is -0.490 e. The van der Waals surface area contributed by atoms with Crippen molar-refractivity contribution >= 4 is 27.6 Å². The van der Waals surface area contributed by atoms with Gasteiger partial charge in [0.05, 0.1) is 36.7 Å². The van der Waals surface area contributed by atoms with E-state index in [9.17, 15) is 23.1 Å². The first-order chi connectivity index (χ1) is 18.2. The molecule has 0 aliphatic carbocycles. The van der Waals surface area contributed by atoms with Crippen molar-refractivity contribution in [2.24, 2.45) is 5.92 Å². The predicted octanol–water partition coefficient (Wildman–Crippen LogP) is 2.90. The molecule has 4 atom stereocenters. The molecule has 222 valence electrons. The van der Waals surface area contributed by atoms with Crippen molar-refractivity contribution in [3.63, 3.8) is 0 Å². The number of nitrogens with zero attached hydrogens (tertiary/aromatic N) is 2. The summed E-state index contributed by atoms with van der Waals surface area (Å²) >= 11 is 0. The zero-order valence-corrected chi connectivity index (χ0v) is 25.1. The summed E-state index contributed by atoms with van der Waals surface area (Å²) in [5, 5.41) is 12.9. The van der Waals surface area contributed by atoms with Gasteiger partial charge in [0.15, 0.2) is 0 Å². The average Bonchev–Trinajstić information content (AvgIpc) is 2.84. The number of aliphatic hydroxyl groups excluding tert-OH is 1. The van der Waals surface area contributed by atoms with Crippen molar-refractivity contribution in [1.82, 2.24) is 15.1 Å². The van der Waals surface area contributed by atoms with Gasteiger partial charge in [-0.05, 0) is 65.2 Å². The number of fused-ring (bicyclic) bond motifs is 1. The number of anilines is 1. The van der Waals surface area contributed by atoms with Crippen molar-refractivity contribution in [1.29, 1.82) is 0 Å². The van der Waals surface area contributed by atoms with Gasteiger partial charge in [-0.3, -0.25) is 9.52 Å².